The fourth-order valence-electron chi connectivity index (χ4n) is 2.13. The molecule has 0 saturated heterocycles. The molecule has 1 heterocycles. The summed E-state index contributed by atoms with van der Waals surface area (Å²) in [5.74, 6) is -1.91. The van der Waals surface area contributed by atoms with Gasteiger partial charge in [-0.25, -0.2) is 9.59 Å². The van der Waals surface area contributed by atoms with Crippen molar-refractivity contribution >= 4 is 17.6 Å². The molecule has 0 atom stereocenters. The number of esters is 1. The Bertz CT molecular complexity index is 815. The van der Waals surface area contributed by atoms with Crippen LogP contribution in [0.15, 0.2) is 24.4 Å². The molecule has 0 fully saturated rings. The molecule has 0 saturated carbocycles. The van der Waals surface area contributed by atoms with Crippen LogP contribution in [-0.4, -0.2) is 28.7 Å². The van der Waals surface area contributed by atoms with E-state index in [4.69, 9.17) is 11.0 Å². The van der Waals surface area contributed by atoms with Gasteiger partial charge in [0.1, 0.15) is 6.07 Å². The molecule has 7 nitrogen and oxygen atoms in total. The molecular formula is C15H13N3O4. The van der Waals surface area contributed by atoms with Gasteiger partial charge in [-0.3, -0.25) is 0 Å². The van der Waals surface area contributed by atoms with Crippen molar-refractivity contribution in [1.82, 2.24) is 4.57 Å². The van der Waals surface area contributed by atoms with Crippen LogP contribution < -0.4 is 5.73 Å². The van der Waals surface area contributed by atoms with E-state index in [2.05, 4.69) is 4.74 Å². The Morgan fingerprint density at radius 2 is 2.09 bits per heavy atom. The molecular weight excluding hydrogens is 286 g/mol. The monoisotopic (exact) mass is 299 g/mol. The van der Waals surface area contributed by atoms with E-state index in [1.807, 2.05) is 6.07 Å². The molecule has 0 aliphatic rings. The highest BCUT2D eigenvalue weighted by Gasteiger charge is 2.24. The van der Waals surface area contributed by atoms with Gasteiger partial charge in [-0.2, -0.15) is 5.26 Å². The SMILES string of the molecule is COC(=O)c1c(N)c(C#N)cn1-c1cc(C)ccc1C(=O)O. The number of nitrogens with zero attached hydrogens (tertiary/aromatic N) is 2. The molecule has 22 heavy (non-hydrogen) atoms. The maximum absolute atomic E-state index is 11.9. The fraction of sp³-hybridized carbons (Fsp3) is 0.133. The highest BCUT2D eigenvalue weighted by Crippen LogP contribution is 2.27. The summed E-state index contributed by atoms with van der Waals surface area (Å²) < 4.78 is 5.95. The second kappa shape index (κ2) is 5.61. The Labute approximate surface area is 126 Å². The second-order valence-electron chi connectivity index (χ2n) is 4.60. The lowest BCUT2D eigenvalue weighted by molar-refractivity contribution is 0.0591. The van der Waals surface area contributed by atoms with Crippen LogP contribution in [0.4, 0.5) is 5.69 Å². The zero-order valence-corrected chi connectivity index (χ0v) is 12.0. The number of nitrogens with two attached hydrogens (primary N) is 1. The topological polar surface area (TPSA) is 118 Å². The Hall–Kier alpha value is -3.27. The maximum Gasteiger partial charge on any atom is 0.357 e. The number of aromatic nitrogens is 1. The molecule has 7 heteroatoms. The van der Waals surface area contributed by atoms with Gasteiger partial charge in [0.25, 0.3) is 0 Å². The zero-order valence-electron chi connectivity index (χ0n) is 12.0. The third-order valence-electron chi connectivity index (χ3n) is 3.19. The minimum Gasteiger partial charge on any atom is -0.478 e. The third kappa shape index (κ3) is 2.38. The summed E-state index contributed by atoms with van der Waals surface area (Å²) in [6, 6.07) is 6.53. The van der Waals surface area contributed by atoms with Gasteiger partial charge >= 0.3 is 11.9 Å². The molecule has 1 aromatic heterocycles. The van der Waals surface area contributed by atoms with Crippen molar-refractivity contribution in [2.24, 2.45) is 0 Å². The number of carbonyl (C=O) groups is 2. The molecule has 2 aromatic rings. The average Bonchev–Trinajstić information content (AvgIpc) is 2.82. The smallest absolute Gasteiger partial charge is 0.357 e. The van der Waals surface area contributed by atoms with Crippen LogP contribution in [0.3, 0.4) is 0 Å². The lowest BCUT2D eigenvalue weighted by Gasteiger charge is -2.12. The number of benzene rings is 1. The average molecular weight is 299 g/mol. The number of aryl methyl sites for hydroxylation is 1. The molecule has 2 rings (SSSR count). The number of rotatable bonds is 3. The van der Waals surface area contributed by atoms with Crippen molar-refractivity contribution in [3.8, 4) is 11.8 Å². The fourth-order valence-corrected chi connectivity index (χ4v) is 2.13. The number of hydrogen-bond acceptors (Lipinski definition) is 5. The number of carbonyl (C=O) groups excluding carboxylic acids is 1. The van der Waals surface area contributed by atoms with Gasteiger partial charge < -0.3 is 20.1 Å². The van der Waals surface area contributed by atoms with Crippen LogP contribution >= 0.6 is 0 Å². The van der Waals surface area contributed by atoms with Crippen LogP contribution in [0.2, 0.25) is 0 Å². The first-order valence-corrected chi connectivity index (χ1v) is 6.24. The van der Waals surface area contributed by atoms with Crippen LogP contribution in [0.5, 0.6) is 0 Å². The number of nitriles is 1. The van der Waals surface area contributed by atoms with Crippen LogP contribution in [-0.2, 0) is 4.74 Å². The first-order valence-electron chi connectivity index (χ1n) is 6.24. The number of ether oxygens (including phenoxy) is 1. The second-order valence-corrected chi connectivity index (χ2v) is 4.60. The van der Waals surface area contributed by atoms with E-state index < -0.39 is 11.9 Å². The standard InChI is InChI=1S/C15H13N3O4/c1-8-3-4-10(14(19)20)11(5-8)18-7-9(6-16)12(17)13(18)15(21)22-2/h3-5,7H,17H2,1-2H3,(H,19,20). The molecule has 1 aromatic carbocycles. The third-order valence-corrected chi connectivity index (χ3v) is 3.19. The molecule has 0 bridgehead atoms. The summed E-state index contributed by atoms with van der Waals surface area (Å²) in [5, 5.41) is 18.4. The first-order chi connectivity index (χ1) is 10.4. The lowest BCUT2D eigenvalue weighted by Crippen LogP contribution is -2.13. The van der Waals surface area contributed by atoms with Crippen molar-refractivity contribution in [3.63, 3.8) is 0 Å². The molecule has 0 unspecified atom stereocenters. The summed E-state index contributed by atoms with van der Waals surface area (Å²) in [4.78, 5) is 23.3. The molecule has 0 spiro atoms. The quantitative estimate of drug-likeness (QED) is 0.833. The van der Waals surface area contributed by atoms with Crippen LogP contribution in [0.25, 0.3) is 5.69 Å². The number of carboxylic acid groups (broad SMARTS) is 1. The molecule has 0 radical (unpaired) electrons. The van der Waals surface area contributed by atoms with Crippen molar-refractivity contribution in [2.45, 2.75) is 6.92 Å². The minimum atomic E-state index is -1.16. The van der Waals surface area contributed by atoms with E-state index >= 15 is 0 Å². The van der Waals surface area contributed by atoms with Crippen LogP contribution in [0, 0.1) is 18.3 Å². The zero-order chi connectivity index (χ0) is 16.4. The van der Waals surface area contributed by atoms with E-state index in [0.717, 1.165) is 5.56 Å². The van der Waals surface area contributed by atoms with Crippen molar-refractivity contribution in [1.29, 1.82) is 5.26 Å². The van der Waals surface area contributed by atoms with Crippen molar-refractivity contribution in [2.75, 3.05) is 12.8 Å². The van der Waals surface area contributed by atoms with E-state index in [-0.39, 0.29) is 28.2 Å². The van der Waals surface area contributed by atoms with Crippen molar-refractivity contribution < 1.29 is 19.4 Å². The molecule has 0 aliphatic heterocycles. The highest BCUT2D eigenvalue weighted by atomic mass is 16.5. The number of nitrogen functional groups attached to an aromatic ring is 1. The number of carboxylic acids is 1. The van der Waals surface area contributed by atoms with Crippen molar-refractivity contribution in [3.05, 3.63) is 46.8 Å². The van der Waals surface area contributed by atoms with Crippen LogP contribution in [0.1, 0.15) is 32.0 Å². The maximum atomic E-state index is 11.9. The Morgan fingerprint density at radius 1 is 1.41 bits per heavy atom. The Balaban J connectivity index is 2.84. The van der Waals surface area contributed by atoms with E-state index in [1.54, 1.807) is 19.1 Å². The summed E-state index contributed by atoms with van der Waals surface area (Å²) in [6.45, 7) is 1.78. The van der Waals surface area contributed by atoms with E-state index in [9.17, 15) is 14.7 Å². The lowest BCUT2D eigenvalue weighted by atomic mass is 10.1. The molecule has 0 aliphatic carbocycles. The molecule has 112 valence electrons. The van der Waals surface area contributed by atoms with Gasteiger partial charge in [-0.15, -0.1) is 0 Å². The summed E-state index contributed by atoms with van der Waals surface area (Å²) in [6.07, 6.45) is 1.32. The van der Waals surface area contributed by atoms with Gasteiger partial charge in [0.2, 0.25) is 0 Å². The van der Waals surface area contributed by atoms with E-state index in [1.165, 1.54) is 23.9 Å². The summed E-state index contributed by atoms with van der Waals surface area (Å²) in [5.41, 5.74) is 6.76. The number of hydrogen-bond donors (Lipinski definition) is 2. The van der Waals surface area contributed by atoms with Gasteiger partial charge in [0, 0.05) is 6.20 Å². The normalized spacial score (nSPS) is 10.0. The largest absolute Gasteiger partial charge is 0.478 e. The Kier molecular flexibility index (Phi) is 3.86. The molecule has 3 N–H and O–H groups in total. The summed E-state index contributed by atoms with van der Waals surface area (Å²) >= 11 is 0. The number of methoxy groups -OCH3 is 1. The van der Waals surface area contributed by atoms with E-state index in [0.29, 0.717) is 0 Å². The van der Waals surface area contributed by atoms with Gasteiger partial charge in [-0.1, -0.05) is 6.07 Å². The van der Waals surface area contributed by atoms with Gasteiger partial charge in [-0.05, 0) is 24.6 Å². The number of anilines is 1. The first kappa shape index (κ1) is 15.1. The highest BCUT2D eigenvalue weighted by molar-refractivity contribution is 5.98. The molecule has 0 amide bonds. The van der Waals surface area contributed by atoms with Gasteiger partial charge in [0.15, 0.2) is 5.69 Å². The minimum absolute atomic E-state index is 0.0183. The number of aromatic carboxylic acids is 1. The predicted molar refractivity (Wildman–Crippen MR) is 77.9 cm³/mol. The van der Waals surface area contributed by atoms with Gasteiger partial charge in [0.05, 0.1) is 29.6 Å². The Morgan fingerprint density at radius 3 is 2.64 bits per heavy atom. The predicted octanol–water partition coefficient (Wildman–Crippen LogP) is 1.72. The summed E-state index contributed by atoms with van der Waals surface area (Å²) in [7, 11) is 1.18.